The molecule has 1 atom stereocenters. The smallest absolute Gasteiger partial charge is 0.205 e. The molecule has 1 aliphatic rings. The molecule has 2 aromatic heterocycles. The van der Waals surface area contributed by atoms with Crippen molar-refractivity contribution in [3.8, 4) is 11.4 Å². The van der Waals surface area contributed by atoms with Gasteiger partial charge in [-0.05, 0) is 50.1 Å². The fourth-order valence-electron chi connectivity index (χ4n) is 3.62. The highest BCUT2D eigenvalue weighted by atomic mass is 19.1. The molecule has 1 aliphatic heterocycles. The predicted molar refractivity (Wildman–Crippen MR) is 100 cm³/mol. The second-order valence-electron chi connectivity index (χ2n) is 7.11. The number of hydrogen-bond acceptors (Lipinski definition) is 5. The molecule has 0 aliphatic carbocycles. The van der Waals surface area contributed by atoms with Gasteiger partial charge in [-0.2, -0.15) is 4.80 Å². The van der Waals surface area contributed by atoms with Crippen LogP contribution in [0.15, 0.2) is 30.3 Å². The lowest BCUT2D eigenvalue weighted by molar-refractivity contribution is 0.0943. The summed E-state index contributed by atoms with van der Waals surface area (Å²) in [6.45, 7) is 5.49. The number of carbonyl (C=O) groups is 1. The number of benzene rings is 1. The fourth-order valence-corrected chi connectivity index (χ4v) is 3.62. The Balaban J connectivity index is 1.50. The van der Waals surface area contributed by atoms with Crippen molar-refractivity contribution in [2.75, 3.05) is 6.61 Å². The second kappa shape index (κ2) is 7.63. The van der Waals surface area contributed by atoms with E-state index in [1.165, 1.54) is 16.9 Å². The van der Waals surface area contributed by atoms with Crippen LogP contribution in [0.4, 0.5) is 4.39 Å². The number of tetrazole rings is 1. The van der Waals surface area contributed by atoms with E-state index in [0.717, 1.165) is 37.4 Å². The maximum absolute atomic E-state index is 13.4. The number of aryl methyl sites for hydroxylation is 1. The molecule has 146 valence electrons. The van der Waals surface area contributed by atoms with E-state index in [9.17, 15) is 9.18 Å². The van der Waals surface area contributed by atoms with E-state index in [1.54, 1.807) is 12.1 Å². The Morgan fingerprint density at radius 1 is 1.32 bits per heavy atom. The average molecular weight is 383 g/mol. The minimum absolute atomic E-state index is 0.0213. The molecular formula is C20H22FN5O2. The van der Waals surface area contributed by atoms with Gasteiger partial charge in [0.1, 0.15) is 12.4 Å². The van der Waals surface area contributed by atoms with Crippen LogP contribution in [0.1, 0.15) is 34.6 Å². The summed E-state index contributed by atoms with van der Waals surface area (Å²) in [7, 11) is 0. The lowest BCUT2D eigenvalue weighted by atomic mass is 10.1. The minimum Gasteiger partial charge on any atom is -0.376 e. The van der Waals surface area contributed by atoms with Gasteiger partial charge in [-0.3, -0.25) is 4.79 Å². The molecule has 0 bridgehead atoms. The van der Waals surface area contributed by atoms with Crippen molar-refractivity contribution in [2.24, 2.45) is 0 Å². The number of hydrogen-bond donors (Lipinski definition) is 0. The molecule has 1 saturated heterocycles. The van der Waals surface area contributed by atoms with E-state index in [0.29, 0.717) is 11.1 Å². The molecule has 1 aromatic carbocycles. The van der Waals surface area contributed by atoms with Gasteiger partial charge in [0.05, 0.1) is 6.10 Å². The van der Waals surface area contributed by atoms with Crippen molar-refractivity contribution in [1.29, 1.82) is 0 Å². The van der Waals surface area contributed by atoms with Crippen LogP contribution in [0, 0.1) is 19.7 Å². The van der Waals surface area contributed by atoms with Gasteiger partial charge in [-0.1, -0.05) is 12.1 Å². The van der Waals surface area contributed by atoms with Crippen molar-refractivity contribution < 1.29 is 13.9 Å². The number of Topliss-reactive ketones (excluding diaryl/α,β-unsaturated/α-hetero) is 1. The number of ether oxygens (including phenoxy) is 1. The van der Waals surface area contributed by atoms with Crippen molar-refractivity contribution in [2.45, 2.75) is 45.9 Å². The molecule has 1 fully saturated rings. The molecule has 3 heterocycles. The average Bonchev–Trinajstić information content (AvgIpc) is 3.40. The van der Waals surface area contributed by atoms with Crippen LogP contribution in [-0.4, -0.2) is 43.3 Å². The molecule has 0 saturated carbocycles. The first-order valence-corrected chi connectivity index (χ1v) is 9.36. The largest absolute Gasteiger partial charge is 0.376 e. The Morgan fingerprint density at radius 2 is 2.18 bits per heavy atom. The predicted octanol–water partition coefficient (Wildman–Crippen LogP) is 2.96. The first-order chi connectivity index (χ1) is 13.5. The highest BCUT2D eigenvalue weighted by Gasteiger charge is 2.21. The van der Waals surface area contributed by atoms with Gasteiger partial charge >= 0.3 is 0 Å². The van der Waals surface area contributed by atoms with Gasteiger partial charge in [0.15, 0.2) is 5.78 Å². The summed E-state index contributed by atoms with van der Waals surface area (Å²) < 4.78 is 21.2. The molecule has 1 unspecified atom stereocenters. The molecule has 8 heteroatoms. The minimum atomic E-state index is -0.372. The molecule has 7 nitrogen and oxygen atoms in total. The van der Waals surface area contributed by atoms with Gasteiger partial charge in [0.25, 0.3) is 0 Å². The summed E-state index contributed by atoms with van der Waals surface area (Å²) in [5, 5.41) is 12.1. The summed E-state index contributed by atoms with van der Waals surface area (Å²) in [5.41, 5.74) is 3.13. The highest BCUT2D eigenvalue weighted by Crippen LogP contribution is 2.21. The van der Waals surface area contributed by atoms with Crippen molar-refractivity contribution in [3.63, 3.8) is 0 Å². The molecule has 0 radical (unpaired) electrons. The topological polar surface area (TPSA) is 74.8 Å². The van der Waals surface area contributed by atoms with Crippen LogP contribution in [0.2, 0.25) is 0 Å². The Kier molecular flexibility index (Phi) is 5.04. The Labute approximate surface area is 162 Å². The highest BCUT2D eigenvalue weighted by molar-refractivity contribution is 5.97. The third-order valence-corrected chi connectivity index (χ3v) is 5.10. The molecule has 0 N–H and O–H groups in total. The quantitative estimate of drug-likeness (QED) is 0.612. The monoisotopic (exact) mass is 383 g/mol. The lowest BCUT2D eigenvalue weighted by Gasteiger charge is -2.14. The Morgan fingerprint density at radius 3 is 2.93 bits per heavy atom. The number of rotatable bonds is 6. The zero-order chi connectivity index (χ0) is 19.7. The van der Waals surface area contributed by atoms with E-state index in [4.69, 9.17) is 4.74 Å². The number of aromatic nitrogens is 5. The first kappa shape index (κ1) is 18.5. The molecular weight excluding hydrogens is 361 g/mol. The third-order valence-electron chi connectivity index (χ3n) is 5.10. The molecule has 0 amide bonds. The van der Waals surface area contributed by atoms with E-state index in [1.807, 2.05) is 19.9 Å². The fraction of sp³-hybridized carbons (Fsp3) is 0.400. The normalized spacial score (nSPS) is 16.6. The van der Waals surface area contributed by atoms with Gasteiger partial charge in [-0.15, -0.1) is 10.2 Å². The molecule has 4 rings (SSSR count). The van der Waals surface area contributed by atoms with Gasteiger partial charge in [-0.25, -0.2) is 4.39 Å². The lowest BCUT2D eigenvalue weighted by Crippen LogP contribution is -2.18. The zero-order valence-electron chi connectivity index (χ0n) is 15.9. The number of nitrogens with zero attached hydrogens (tertiary/aromatic N) is 5. The van der Waals surface area contributed by atoms with E-state index in [-0.39, 0.29) is 30.1 Å². The van der Waals surface area contributed by atoms with E-state index in [2.05, 4.69) is 20.0 Å². The van der Waals surface area contributed by atoms with Gasteiger partial charge in [0.2, 0.25) is 5.82 Å². The standard InChI is InChI=1S/C20H22FN5O2/c1-13-9-18(14(2)25(13)11-17-7-4-8-28-17)19(27)12-26-23-20(22-24-26)15-5-3-6-16(21)10-15/h3,5-6,9-10,17H,4,7-8,11-12H2,1-2H3. The molecule has 28 heavy (non-hydrogen) atoms. The van der Waals surface area contributed by atoms with Crippen molar-refractivity contribution in [1.82, 2.24) is 24.8 Å². The van der Waals surface area contributed by atoms with Crippen LogP contribution in [0.3, 0.4) is 0 Å². The van der Waals surface area contributed by atoms with Crippen LogP contribution in [0.25, 0.3) is 11.4 Å². The number of halogens is 1. The number of carbonyl (C=O) groups excluding carboxylic acids is 1. The summed E-state index contributed by atoms with van der Waals surface area (Å²) in [4.78, 5) is 14.0. The maximum atomic E-state index is 13.4. The van der Waals surface area contributed by atoms with Gasteiger partial charge in [0, 0.05) is 35.7 Å². The number of ketones is 1. The van der Waals surface area contributed by atoms with Gasteiger partial charge < -0.3 is 9.30 Å². The zero-order valence-corrected chi connectivity index (χ0v) is 15.9. The van der Waals surface area contributed by atoms with Crippen LogP contribution >= 0.6 is 0 Å². The van der Waals surface area contributed by atoms with Crippen LogP contribution in [-0.2, 0) is 17.8 Å². The summed E-state index contributed by atoms with van der Waals surface area (Å²) in [6.07, 6.45) is 2.34. The summed E-state index contributed by atoms with van der Waals surface area (Å²) in [6, 6.07) is 7.87. The molecule has 3 aromatic rings. The SMILES string of the molecule is Cc1cc(C(=O)Cn2nnc(-c3cccc(F)c3)n2)c(C)n1CC1CCCO1. The Hall–Kier alpha value is -2.87. The van der Waals surface area contributed by atoms with Crippen molar-refractivity contribution >= 4 is 5.78 Å². The van der Waals surface area contributed by atoms with E-state index >= 15 is 0 Å². The maximum Gasteiger partial charge on any atom is 0.205 e. The summed E-state index contributed by atoms with van der Waals surface area (Å²) >= 11 is 0. The second-order valence-corrected chi connectivity index (χ2v) is 7.11. The van der Waals surface area contributed by atoms with Crippen molar-refractivity contribution in [3.05, 3.63) is 53.1 Å². The first-order valence-electron chi connectivity index (χ1n) is 9.36. The van der Waals surface area contributed by atoms with E-state index < -0.39 is 0 Å². The van der Waals surface area contributed by atoms with Crippen LogP contribution < -0.4 is 0 Å². The summed E-state index contributed by atoms with van der Waals surface area (Å²) in [5.74, 6) is -0.172. The Bertz CT molecular complexity index is 1000. The third kappa shape index (κ3) is 3.73. The van der Waals surface area contributed by atoms with Crippen LogP contribution in [0.5, 0.6) is 0 Å². The molecule has 0 spiro atoms.